The maximum atomic E-state index is 12.4. The van der Waals surface area contributed by atoms with E-state index in [2.05, 4.69) is 20.6 Å². The summed E-state index contributed by atoms with van der Waals surface area (Å²) >= 11 is 0. The van der Waals surface area contributed by atoms with Crippen LogP contribution in [0.4, 0.5) is 5.82 Å². The minimum Gasteiger partial charge on any atom is -0.481 e. The summed E-state index contributed by atoms with van der Waals surface area (Å²) in [7, 11) is 0. The summed E-state index contributed by atoms with van der Waals surface area (Å²) in [5, 5.41) is 33.5. The second kappa shape index (κ2) is 10.7. The average Bonchev–Trinajstić information content (AvgIpc) is 2.79. The summed E-state index contributed by atoms with van der Waals surface area (Å²) in [5.74, 6) is -2.00. The van der Waals surface area contributed by atoms with Crippen LogP contribution in [0.3, 0.4) is 0 Å². The molecule has 2 aromatic rings. The molecule has 0 saturated carbocycles. The molecular formula is C22H26N4O6. The molecular weight excluding hydrogens is 416 g/mol. The molecule has 1 aromatic carbocycles. The monoisotopic (exact) mass is 442 g/mol. The fourth-order valence-electron chi connectivity index (χ4n) is 3.85. The molecule has 1 aliphatic heterocycles. The number of hydrogen-bond donors (Lipinski definition) is 5. The fourth-order valence-corrected chi connectivity index (χ4v) is 3.85. The number of carboxylic acids is 2. The lowest BCUT2D eigenvalue weighted by Gasteiger charge is -2.28. The third-order valence-electron chi connectivity index (χ3n) is 5.59. The summed E-state index contributed by atoms with van der Waals surface area (Å²) in [6.07, 6.45) is 4.29. The Morgan fingerprint density at radius 1 is 1.19 bits per heavy atom. The second-order valence-corrected chi connectivity index (χ2v) is 7.88. The van der Waals surface area contributed by atoms with E-state index in [1.807, 2.05) is 0 Å². The Morgan fingerprint density at radius 3 is 2.59 bits per heavy atom. The molecule has 5 N–H and O–H groups in total. The first-order chi connectivity index (χ1) is 15.4. The van der Waals surface area contributed by atoms with Crippen molar-refractivity contribution in [2.75, 3.05) is 18.5 Å². The van der Waals surface area contributed by atoms with Crippen molar-refractivity contribution in [1.82, 2.24) is 15.3 Å². The van der Waals surface area contributed by atoms with Gasteiger partial charge in [-0.05, 0) is 42.9 Å². The SMILES string of the molecule is O=C(O)CC[C@H](NC(=O)c1ccc(C(CO)CC2CNc3ncncc3C2)cc1)C(=O)O. The second-order valence-electron chi connectivity index (χ2n) is 7.88. The lowest BCUT2D eigenvalue weighted by atomic mass is 9.84. The van der Waals surface area contributed by atoms with Gasteiger partial charge in [0.15, 0.2) is 0 Å². The largest absolute Gasteiger partial charge is 0.481 e. The summed E-state index contributed by atoms with van der Waals surface area (Å²) in [6.45, 7) is 0.699. The molecule has 0 spiro atoms. The summed E-state index contributed by atoms with van der Waals surface area (Å²) in [6, 6.07) is 5.36. The topological polar surface area (TPSA) is 162 Å². The number of amides is 1. The van der Waals surface area contributed by atoms with Crippen molar-refractivity contribution in [2.45, 2.75) is 37.6 Å². The molecule has 0 radical (unpaired) electrons. The predicted molar refractivity (Wildman–Crippen MR) is 114 cm³/mol. The highest BCUT2D eigenvalue weighted by Gasteiger charge is 2.24. The van der Waals surface area contributed by atoms with Crippen molar-refractivity contribution in [3.05, 3.63) is 53.5 Å². The first-order valence-corrected chi connectivity index (χ1v) is 10.4. The highest BCUT2D eigenvalue weighted by molar-refractivity contribution is 5.96. The van der Waals surface area contributed by atoms with Crippen molar-refractivity contribution >= 4 is 23.7 Å². The molecule has 10 heteroatoms. The lowest BCUT2D eigenvalue weighted by Crippen LogP contribution is -2.41. The van der Waals surface area contributed by atoms with Crippen molar-refractivity contribution in [3.8, 4) is 0 Å². The van der Waals surface area contributed by atoms with Crippen LogP contribution in [0.15, 0.2) is 36.8 Å². The summed E-state index contributed by atoms with van der Waals surface area (Å²) in [5.41, 5.74) is 2.18. The number of carbonyl (C=O) groups is 3. The van der Waals surface area contributed by atoms with E-state index in [0.717, 1.165) is 36.3 Å². The van der Waals surface area contributed by atoms with E-state index >= 15 is 0 Å². The highest BCUT2D eigenvalue weighted by atomic mass is 16.4. The average molecular weight is 442 g/mol. The van der Waals surface area contributed by atoms with E-state index in [1.54, 1.807) is 30.5 Å². The van der Waals surface area contributed by atoms with E-state index in [4.69, 9.17) is 5.11 Å². The number of benzene rings is 1. The van der Waals surface area contributed by atoms with Gasteiger partial charge in [-0.25, -0.2) is 14.8 Å². The van der Waals surface area contributed by atoms with Crippen LogP contribution in [0.2, 0.25) is 0 Å². The summed E-state index contributed by atoms with van der Waals surface area (Å²) < 4.78 is 0. The molecule has 0 bridgehead atoms. The third-order valence-corrected chi connectivity index (χ3v) is 5.59. The van der Waals surface area contributed by atoms with Crippen LogP contribution in [0.25, 0.3) is 0 Å². The van der Waals surface area contributed by atoms with Gasteiger partial charge in [0.1, 0.15) is 18.2 Å². The molecule has 2 unspecified atom stereocenters. The maximum Gasteiger partial charge on any atom is 0.326 e. The normalized spacial score (nSPS) is 16.8. The van der Waals surface area contributed by atoms with Crippen LogP contribution < -0.4 is 10.6 Å². The molecule has 0 fully saturated rings. The number of hydrogen-bond acceptors (Lipinski definition) is 7. The number of nitrogens with one attached hydrogen (secondary N) is 2. The van der Waals surface area contributed by atoms with Crippen molar-refractivity contribution in [2.24, 2.45) is 5.92 Å². The van der Waals surface area contributed by atoms with Gasteiger partial charge < -0.3 is 26.0 Å². The Morgan fingerprint density at radius 2 is 1.94 bits per heavy atom. The molecule has 3 atom stereocenters. The Kier molecular flexibility index (Phi) is 7.72. The van der Waals surface area contributed by atoms with Crippen LogP contribution in [-0.2, 0) is 16.0 Å². The van der Waals surface area contributed by atoms with Gasteiger partial charge in [0.25, 0.3) is 5.91 Å². The standard InChI is InChI=1S/C22H26N4O6/c27-11-17(8-13-7-16-10-23-12-25-20(16)24-9-13)14-1-3-15(4-2-14)21(30)26-18(22(31)32)5-6-19(28)29/h1-4,10,12-13,17-18,27H,5-9,11H2,(H,26,30)(H,28,29)(H,31,32)(H,23,24,25)/t13?,17?,18-/m0/s1. The van der Waals surface area contributed by atoms with Crippen LogP contribution in [0.5, 0.6) is 0 Å². The number of aromatic nitrogens is 2. The molecule has 10 nitrogen and oxygen atoms in total. The van der Waals surface area contributed by atoms with Crippen molar-refractivity contribution in [3.63, 3.8) is 0 Å². The zero-order chi connectivity index (χ0) is 23.1. The fraction of sp³-hybridized carbons (Fsp3) is 0.409. The number of fused-ring (bicyclic) bond motifs is 1. The first-order valence-electron chi connectivity index (χ1n) is 10.4. The van der Waals surface area contributed by atoms with E-state index in [1.165, 1.54) is 6.33 Å². The zero-order valence-electron chi connectivity index (χ0n) is 17.4. The van der Waals surface area contributed by atoms with Gasteiger partial charge >= 0.3 is 11.9 Å². The number of carbonyl (C=O) groups excluding carboxylic acids is 1. The minimum atomic E-state index is -1.29. The maximum absolute atomic E-state index is 12.4. The van der Waals surface area contributed by atoms with Gasteiger partial charge in [-0.2, -0.15) is 0 Å². The molecule has 1 amide bonds. The zero-order valence-corrected chi connectivity index (χ0v) is 17.4. The van der Waals surface area contributed by atoms with Gasteiger partial charge in [-0.3, -0.25) is 9.59 Å². The van der Waals surface area contributed by atoms with Crippen LogP contribution >= 0.6 is 0 Å². The Hall–Kier alpha value is -3.53. The molecule has 170 valence electrons. The highest BCUT2D eigenvalue weighted by Crippen LogP contribution is 2.30. The Bertz CT molecular complexity index is 965. The molecule has 0 saturated heterocycles. The number of carboxylic acid groups (broad SMARTS) is 2. The minimum absolute atomic E-state index is 0.0452. The van der Waals surface area contributed by atoms with Crippen LogP contribution in [0, 0.1) is 5.92 Å². The number of rotatable bonds is 10. The predicted octanol–water partition coefficient (Wildman–Crippen LogP) is 1.27. The number of aliphatic hydroxyl groups excluding tert-OH is 1. The first kappa shape index (κ1) is 23.1. The van der Waals surface area contributed by atoms with Gasteiger partial charge in [0.2, 0.25) is 0 Å². The van der Waals surface area contributed by atoms with Crippen LogP contribution in [0.1, 0.15) is 46.7 Å². The van der Waals surface area contributed by atoms with Gasteiger partial charge in [-0.1, -0.05) is 12.1 Å². The molecule has 32 heavy (non-hydrogen) atoms. The van der Waals surface area contributed by atoms with E-state index in [0.29, 0.717) is 5.92 Å². The van der Waals surface area contributed by atoms with Gasteiger partial charge in [0, 0.05) is 42.8 Å². The van der Waals surface area contributed by atoms with Crippen LogP contribution in [-0.4, -0.2) is 62.3 Å². The molecule has 1 aromatic heterocycles. The van der Waals surface area contributed by atoms with Gasteiger partial charge in [0.05, 0.1) is 0 Å². The smallest absolute Gasteiger partial charge is 0.326 e. The van der Waals surface area contributed by atoms with Gasteiger partial charge in [-0.15, -0.1) is 0 Å². The quantitative estimate of drug-likeness (QED) is 0.365. The lowest BCUT2D eigenvalue weighted by molar-refractivity contribution is -0.140. The van der Waals surface area contributed by atoms with E-state index in [-0.39, 0.29) is 30.9 Å². The molecule has 0 aliphatic carbocycles. The molecule has 3 rings (SSSR count). The Labute approximate surface area is 184 Å². The Balaban J connectivity index is 1.61. The summed E-state index contributed by atoms with van der Waals surface area (Å²) in [4.78, 5) is 42.6. The number of anilines is 1. The number of nitrogens with zero attached hydrogens (tertiary/aromatic N) is 2. The number of aliphatic carboxylic acids is 2. The van der Waals surface area contributed by atoms with Crippen molar-refractivity contribution < 1.29 is 29.7 Å². The van der Waals surface area contributed by atoms with E-state index < -0.39 is 23.9 Å². The third kappa shape index (κ3) is 6.01. The van der Waals surface area contributed by atoms with Crippen molar-refractivity contribution in [1.29, 1.82) is 0 Å². The van der Waals surface area contributed by atoms with E-state index in [9.17, 15) is 24.6 Å². The molecule has 2 heterocycles. The molecule has 1 aliphatic rings. The number of aliphatic hydroxyl groups is 1.